The smallest absolute Gasteiger partial charge is 0.241 e. The summed E-state index contributed by atoms with van der Waals surface area (Å²) in [6.07, 6.45) is 1.63. The number of hydrogen-bond acceptors (Lipinski definition) is 3. The van der Waals surface area contributed by atoms with Crippen LogP contribution in [0, 0.1) is 0 Å². The van der Waals surface area contributed by atoms with Crippen LogP contribution in [0.15, 0.2) is 53.1 Å². The molecule has 2 N–H and O–H groups in total. The quantitative estimate of drug-likeness (QED) is 0.867. The molecule has 1 heterocycles. The Kier molecular flexibility index (Phi) is 4.36. The highest BCUT2D eigenvalue weighted by Crippen LogP contribution is 2.13. The number of anilines is 1. The van der Waals surface area contributed by atoms with E-state index in [2.05, 4.69) is 10.6 Å². The molecule has 1 aromatic heterocycles. The Hall–Kier alpha value is -2.07. The van der Waals surface area contributed by atoms with E-state index in [0.29, 0.717) is 0 Å². The lowest BCUT2D eigenvalue weighted by Crippen LogP contribution is -2.39. The normalized spacial score (nSPS) is 13.8. The fraction of sp³-hybridized carbons (Fsp3) is 0.267. The minimum absolute atomic E-state index is 0.00785. The van der Waals surface area contributed by atoms with Gasteiger partial charge in [0.1, 0.15) is 5.76 Å². The third kappa shape index (κ3) is 3.69. The van der Waals surface area contributed by atoms with Gasteiger partial charge in [0.15, 0.2) is 0 Å². The van der Waals surface area contributed by atoms with E-state index in [0.717, 1.165) is 11.4 Å². The average Bonchev–Trinajstić information content (AvgIpc) is 2.93. The molecule has 0 saturated carbocycles. The maximum absolute atomic E-state index is 12.0. The summed E-state index contributed by atoms with van der Waals surface area (Å²) in [5, 5.41) is 6.06. The third-order valence-electron chi connectivity index (χ3n) is 2.90. The van der Waals surface area contributed by atoms with Crippen molar-refractivity contribution in [1.82, 2.24) is 5.32 Å². The maximum atomic E-state index is 12.0. The Morgan fingerprint density at radius 2 is 1.84 bits per heavy atom. The number of amides is 1. The molecule has 0 radical (unpaired) electrons. The SMILES string of the molecule is CC(N[C@@H](C)c1ccco1)C(=O)Nc1ccccc1. The minimum atomic E-state index is -0.305. The number of furan rings is 1. The average molecular weight is 258 g/mol. The van der Waals surface area contributed by atoms with E-state index in [1.54, 1.807) is 6.26 Å². The van der Waals surface area contributed by atoms with Gasteiger partial charge in [-0.25, -0.2) is 0 Å². The minimum Gasteiger partial charge on any atom is -0.468 e. The highest BCUT2D eigenvalue weighted by atomic mass is 16.3. The molecule has 1 aromatic carbocycles. The first kappa shape index (κ1) is 13.4. The number of benzene rings is 1. The fourth-order valence-electron chi connectivity index (χ4n) is 1.84. The molecule has 2 aromatic rings. The van der Waals surface area contributed by atoms with Crippen LogP contribution < -0.4 is 10.6 Å². The van der Waals surface area contributed by atoms with Gasteiger partial charge in [-0.3, -0.25) is 10.1 Å². The molecule has 0 aliphatic heterocycles. The number of carbonyl (C=O) groups is 1. The molecule has 0 aliphatic rings. The standard InChI is InChI=1S/C15H18N2O2/c1-11(14-9-6-10-19-14)16-12(2)15(18)17-13-7-4-3-5-8-13/h3-12,16H,1-2H3,(H,17,18)/t11-,12?/m0/s1. The van der Waals surface area contributed by atoms with Crippen molar-refractivity contribution >= 4 is 11.6 Å². The number of hydrogen-bond donors (Lipinski definition) is 2. The fourth-order valence-corrected chi connectivity index (χ4v) is 1.84. The van der Waals surface area contributed by atoms with E-state index in [1.165, 1.54) is 0 Å². The lowest BCUT2D eigenvalue weighted by molar-refractivity contribution is -0.118. The van der Waals surface area contributed by atoms with Crippen LogP contribution in [0.2, 0.25) is 0 Å². The second-order valence-electron chi connectivity index (χ2n) is 4.48. The van der Waals surface area contributed by atoms with Crippen molar-refractivity contribution in [2.45, 2.75) is 25.9 Å². The molecule has 0 aliphatic carbocycles. The van der Waals surface area contributed by atoms with Gasteiger partial charge in [0.25, 0.3) is 0 Å². The van der Waals surface area contributed by atoms with Crippen LogP contribution in [0.3, 0.4) is 0 Å². The van der Waals surface area contributed by atoms with Crippen molar-refractivity contribution in [3.63, 3.8) is 0 Å². The first-order valence-electron chi connectivity index (χ1n) is 6.32. The monoisotopic (exact) mass is 258 g/mol. The third-order valence-corrected chi connectivity index (χ3v) is 2.90. The van der Waals surface area contributed by atoms with E-state index in [-0.39, 0.29) is 18.0 Å². The Bertz CT molecular complexity index is 508. The van der Waals surface area contributed by atoms with Crippen molar-refractivity contribution < 1.29 is 9.21 Å². The van der Waals surface area contributed by atoms with Gasteiger partial charge in [0, 0.05) is 5.69 Å². The van der Waals surface area contributed by atoms with Gasteiger partial charge in [-0.05, 0) is 38.1 Å². The zero-order chi connectivity index (χ0) is 13.7. The van der Waals surface area contributed by atoms with E-state index in [9.17, 15) is 4.79 Å². The number of para-hydroxylation sites is 1. The van der Waals surface area contributed by atoms with Crippen LogP contribution in [-0.2, 0) is 4.79 Å². The lowest BCUT2D eigenvalue weighted by Gasteiger charge is -2.18. The van der Waals surface area contributed by atoms with Crippen molar-refractivity contribution in [2.75, 3.05) is 5.32 Å². The molecule has 1 amide bonds. The summed E-state index contributed by atoms with van der Waals surface area (Å²) in [5.74, 6) is 0.754. The van der Waals surface area contributed by atoms with Crippen molar-refractivity contribution in [1.29, 1.82) is 0 Å². The van der Waals surface area contributed by atoms with Gasteiger partial charge in [0.05, 0.1) is 18.3 Å². The van der Waals surface area contributed by atoms with Gasteiger partial charge in [0.2, 0.25) is 5.91 Å². The molecule has 4 heteroatoms. The van der Waals surface area contributed by atoms with E-state index in [1.807, 2.05) is 56.3 Å². The van der Waals surface area contributed by atoms with E-state index >= 15 is 0 Å². The van der Waals surface area contributed by atoms with Gasteiger partial charge < -0.3 is 9.73 Å². The highest BCUT2D eigenvalue weighted by molar-refractivity contribution is 5.94. The summed E-state index contributed by atoms with van der Waals surface area (Å²) in [7, 11) is 0. The Morgan fingerprint density at radius 1 is 1.11 bits per heavy atom. The zero-order valence-corrected chi connectivity index (χ0v) is 11.1. The van der Waals surface area contributed by atoms with E-state index < -0.39 is 0 Å². The van der Waals surface area contributed by atoms with Gasteiger partial charge in [-0.2, -0.15) is 0 Å². The number of rotatable bonds is 5. The van der Waals surface area contributed by atoms with Gasteiger partial charge in [-0.15, -0.1) is 0 Å². The molecule has 4 nitrogen and oxygen atoms in total. The summed E-state index contributed by atoms with van der Waals surface area (Å²) in [5.41, 5.74) is 0.798. The lowest BCUT2D eigenvalue weighted by atomic mass is 10.2. The van der Waals surface area contributed by atoms with Crippen LogP contribution in [0.1, 0.15) is 25.6 Å². The molecule has 2 rings (SSSR count). The molecule has 19 heavy (non-hydrogen) atoms. The Balaban J connectivity index is 1.89. The van der Waals surface area contributed by atoms with Crippen LogP contribution >= 0.6 is 0 Å². The van der Waals surface area contributed by atoms with Gasteiger partial charge in [-0.1, -0.05) is 18.2 Å². The molecular formula is C15H18N2O2. The summed E-state index contributed by atoms with van der Waals surface area (Å²) in [4.78, 5) is 12.0. The second kappa shape index (κ2) is 6.20. The van der Waals surface area contributed by atoms with Crippen LogP contribution in [0.5, 0.6) is 0 Å². The van der Waals surface area contributed by atoms with Crippen LogP contribution in [0.25, 0.3) is 0 Å². The topological polar surface area (TPSA) is 54.3 Å². The van der Waals surface area contributed by atoms with E-state index in [4.69, 9.17) is 4.42 Å². The number of carbonyl (C=O) groups excluding carboxylic acids is 1. The number of nitrogens with one attached hydrogen (secondary N) is 2. The molecule has 0 saturated heterocycles. The summed E-state index contributed by atoms with van der Waals surface area (Å²) >= 11 is 0. The summed E-state index contributed by atoms with van der Waals surface area (Å²) in [6.45, 7) is 3.79. The van der Waals surface area contributed by atoms with Crippen molar-refractivity contribution in [2.24, 2.45) is 0 Å². The van der Waals surface area contributed by atoms with Crippen LogP contribution in [0.4, 0.5) is 5.69 Å². The molecule has 0 bridgehead atoms. The molecule has 0 spiro atoms. The highest BCUT2D eigenvalue weighted by Gasteiger charge is 2.17. The van der Waals surface area contributed by atoms with Crippen molar-refractivity contribution in [3.05, 3.63) is 54.5 Å². The molecule has 100 valence electrons. The largest absolute Gasteiger partial charge is 0.468 e. The molecule has 1 unspecified atom stereocenters. The van der Waals surface area contributed by atoms with Gasteiger partial charge >= 0.3 is 0 Å². The maximum Gasteiger partial charge on any atom is 0.241 e. The molecule has 0 fully saturated rings. The molecule has 2 atom stereocenters. The first-order valence-corrected chi connectivity index (χ1v) is 6.32. The second-order valence-corrected chi connectivity index (χ2v) is 4.48. The zero-order valence-electron chi connectivity index (χ0n) is 11.1. The first-order chi connectivity index (χ1) is 9.16. The predicted octanol–water partition coefficient (Wildman–Crippen LogP) is 2.96. The predicted molar refractivity (Wildman–Crippen MR) is 74.8 cm³/mol. The Labute approximate surface area is 112 Å². The summed E-state index contributed by atoms with van der Waals surface area (Å²) in [6, 6.07) is 12.8. The van der Waals surface area contributed by atoms with Crippen LogP contribution in [-0.4, -0.2) is 11.9 Å². The summed E-state index contributed by atoms with van der Waals surface area (Å²) < 4.78 is 5.30. The Morgan fingerprint density at radius 3 is 2.47 bits per heavy atom. The van der Waals surface area contributed by atoms with Crippen molar-refractivity contribution in [3.8, 4) is 0 Å². The molecular weight excluding hydrogens is 240 g/mol.